The van der Waals surface area contributed by atoms with Crippen LogP contribution in [0.15, 0.2) is 48.8 Å². The molecule has 0 saturated heterocycles. The minimum Gasteiger partial charge on any atom is -0.384 e. The van der Waals surface area contributed by atoms with Crippen LogP contribution in [-0.4, -0.2) is 21.2 Å². The Bertz CT molecular complexity index is 812. The molecule has 0 saturated carbocycles. The third-order valence-electron chi connectivity index (χ3n) is 3.30. The Morgan fingerprint density at radius 2 is 1.83 bits per heavy atom. The first-order chi connectivity index (χ1) is 11.0. The van der Waals surface area contributed by atoms with Crippen LogP contribution in [0.4, 0.5) is 19.0 Å². The molecule has 0 amide bonds. The largest absolute Gasteiger partial charge is 0.384 e. The first-order valence-electron chi connectivity index (χ1n) is 6.86. The second-order valence-corrected chi connectivity index (χ2v) is 4.98. The Morgan fingerprint density at radius 3 is 2.48 bits per heavy atom. The molecule has 0 aliphatic rings. The molecule has 0 spiro atoms. The maximum Gasteiger partial charge on any atom is 0.257 e. The summed E-state index contributed by atoms with van der Waals surface area (Å²) in [5, 5.41) is 4.21. The minimum absolute atomic E-state index is 0.314. The second-order valence-electron chi connectivity index (χ2n) is 4.98. The van der Waals surface area contributed by atoms with Gasteiger partial charge in [0.15, 0.2) is 0 Å². The molecule has 23 heavy (non-hydrogen) atoms. The molecule has 0 fully saturated rings. The van der Waals surface area contributed by atoms with E-state index in [1.165, 1.54) is 29.2 Å². The lowest BCUT2D eigenvalue weighted by Crippen LogP contribution is -2.06. The fourth-order valence-corrected chi connectivity index (χ4v) is 2.30. The van der Waals surface area contributed by atoms with Crippen LogP contribution in [0.25, 0.3) is 22.4 Å². The van der Waals surface area contributed by atoms with Crippen molar-refractivity contribution >= 4 is 5.82 Å². The van der Waals surface area contributed by atoms with E-state index in [9.17, 15) is 13.2 Å². The quantitative estimate of drug-likeness (QED) is 0.799. The Kier molecular flexibility index (Phi) is 4.01. The normalized spacial score (nSPS) is 11.1. The van der Waals surface area contributed by atoms with Gasteiger partial charge in [0.2, 0.25) is 0 Å². The molecule has 2 heterocycles. The van der Waals surface area contributed by atoms with Gasteiger partial charge in [-0.3, -0.25) is 4.68 Å². The highest BCUT2D eigenvalue weighted by molar-refractivity contribution is 5.81. The summed E-state index contributed by atoms with van der Waals surface area (Å²) in [6, 6.07) is 9.05. The molecule has 3 rings (SSSR count). The lowest BCUT2D eigenvalue weighted by atomic mass is 10.0. The number of benzene rings is 1. The van der Waals surface area contributed by atoms with E-state index in [-0.39, 0.29) is 5.82 Å². The lowest BCUT2D eigenvalue weighted by Gasteiger charge is -2.03. The predicted octanol–water partition coefficient (Wildman–Crippen LogP) is 3.60. The fraction of sp³-hybridized carbons (Fsp3) is 0.125. The second kappa shape index (κ2) is 6.12. The summed E-state index contributed by atoms with van der Waals surface area (Å²) in [7, 11) is 0. The van der Waals surface area contributed by atoms with Crippen molar-refractivity contribution in [2.45, 2.75) is 13.0 Å². The number of rotatable bonds is 4. The van der Waals surface area contributed by atoms with E-state index in [0.717, 1.165) is 0 Å². The summed E-state index contributed by atoms with van der Waals surface area (Å²) in [4.78, 5) is 3.92. The van der Waals surface area contributed by atoms with Crippen molar-refractivity contribution in [3.63, 3.8) is 0 Å². The number of halogens is 3. The molecule has 1 aromatic carbocycles. The van der Waals surface area contributed by atoms with E-state index >= 15 is 0 Å². The monoisotopic (exact) mass is 318 g/mol. The molecule has 0 atom stereocenters. The Hall–Kier alpha value is -2.83. The van der Waals surface area contributed by atoms with Gasteiger partial charge in [-0.25, -0.2) is 18.2 Å². The summed E-state index contributed by atoms with van der Waals surface area (Å²) in [6.45, 7) is -0.519. The third kappa shape index (κ3) is 3.33. The van der Waals surface area contributed by atoms with Gasteiger partial charge in [0, 0.05) is 23.5 Å². The first kappa shape index (κ1) is 15.1. The first-order valence-corrected chi connectivity index (χ1v) is 6.86. The molecule has 0 aliphatic carbocycles. The number of hydrogen-bond donors (Lipinski definition) is 1. The molecule has 0 bridgehead atoms. The van der Waals surface area contributed by atoms with E-state index in [4.69, 9.17) is 5.73 Å². The highest BCUT2D eigenvalue weighted by atomic mass is 19.3. The number of nitrogens with zero attached hydrogens (tertiary/aromatic N) is 3. The topological polar surface area (TPSA) is 56.7 Å². The van der Waals surface area contributed by atoms with Crippen LogP contribution < -0.4 is 5.73 Å². The van der Waals surface area contributed by atoms with Gasteiger partial charge in [0.25, 0.3) is 6.43 Å². The summed E-state index contributed by atoms with van der Waals surface area (Å²) in [5.41, 5.74) is 8.13. The number of nitrogens with two attached hydrogens (primary N) is 1. The van der Waals surface area contributed by atoms with Gasteiger partial charge in [-0.15, -0.1) is 0 Å². The number of nitrogen functional groups attached to an aromatic ring is 1. The Morgan fingerprint density at radius 1 is 1.09 bits per heavy atom. The third-order valence-corrected chi connectivity index (χ3v) is 3.30. The fourth-order valence-electron chi connectivity index (χ4n) is 2.30. The zero-order chi connectivity index (χ0) is 16.4. The maximum absolute atomic E-state index is 13.1. The zero-order valence-corrected chi connectivity index (χ0v) is 12.0. The van der Waals surface area contributed by atoms with Crippen molar-refractivity contribution in [2.24, 2.45) is 0 Å². The van der Waals surface area contributed by atoms with Crippen molar-refractivity contribution in [2.75, 3.05) is 5.73 Å². The van der Waals surface area contributed by atoms with Gasteiger partial charge in [-0.05, 0) is 42.0 Å². The summed E-state index contributed by atoms with van der Waals surface area (Å²) in [5.74, 6) is -0.0652. The van der Waals surface area contributed by atoms with Crippen LogP contribution in [0.5, 0.6) is 0 Å². The zero-order valence-electron chi connectivity index (χ0n) is 12.0. The van der Waals surface area contributed by atoms with Crippen molar-refractivity contribution in [1.29, 1.82) is 0 Å². The van der Waals surface area contributed by atoms with Crippen LogP contribution in [-0.2, 0) is 6.54 Å². The van der Waals surface area contributed by atoms with Gasteiger partial charge < -0.3 is 5.73 Å². The maximum atomic E-state index is 13.1. The van der Waals surface area contributed by atoms with E-state index < -0.39 is 13.0 Å². The molecule has 118 valence electrons. The molecule has 3 aromatic rings. The molecule has 0 unspecified atom stereocenters. The highest BCUT2D eigenvalue weighted by Crippen LogP contribution is 2.31. The number of hydrogen-bond acceptors (Lipinski definition) is 3. The van der Waals surface area contributed by atoms with Crippen LogP contribution in [0.1, 0.15) is 0 Å². The van der Waals surface area contributed by atoms with Gasteiger partial charge >= 0.3 is 0 Å². The number of pyridine rings is 1. The molecular weight excluding hydrogens is 305 g/mol. The summed E-state index contributed by atoms with van der Waals surface area (Å²) >= 11 is 0. The lowest BCUT2D eigenvalue weighted by molar-refractivity contribution is 0.122. The van der Waals surface area contributed by atoms with Crippen molar-refractivity contribution < 1.29 is 13.2 Å². The van der Waals surface area contributed by atoms with Crippen LogP contribution in [0.3, 0.4) is 0 Å². The van der Waals surface area contributed by atoms with Crippen LogP contribution in [0, 0.1) is 5.82 Å². The van der Waals surface area contributed by atoms with Crippen molar-refractivity contribution in [3.05, 3.63) is 54.6 Å². The standard InChI is InChI=1S/C16H13F3N4/c17-12-3-1-10(2-4-12)16-13(8-23(22-16)9-14(18)19)11-5-6-21-15(20)7-11/h1-8,14H,9H2,(H2,20,21). The smallest absolute Gasteiger partial charge is 0.257 e. The molecule has 0 radical (unpaired) electrons. The summed E-state index contributed by atoms with van der Waals surface area (Å²) in [6.07, 6.45) is 0.537. The van der Waals surface area contributed by atoms with Crippen LogP contribution in [0.2, 0.25) is 0 Å². The van der Waals surface area contributed by atoms with E-state index in [0.29, 0.717) is 28.2 Å². The van der Waals surface area contributed by atoms with E-state index in [1.54, 1.807) is 24.3 Å². The number of alkyl halides is 2. The van der Waals surface area contributed by atoms with Gasteiger partial charge in [-0.1, -0.05) is 0 Å². The number of anilines is 1. The molecular formula is C16H13F3N4. The van der Waals surface area contributed by atoms with Gasteiger partial charge in [0.1, 0.15) is 23.9 Å². The van der Waals surface area contributed by atoms with Crippen molar-refractivity contribution in [3.8, 4) is 22.4 Å². The molecule has 2 N–H and O–H groups in total. The van der Waals surface area contributed by atoms with E-state index in [1.807, 2.05) is 0 Å². The van der Waals surface area contributed by atoms with Gasteiger partial charge in [-0.2, -0.15) is 5.10 Å². The highest BCUT2D eigenvalue weighted by Gasteiger charge is 2.15. The molecule has 0 aliphatic heterocycles. The Balaban J connectivity index is 2.12. The van der Waals surface area contributed by atoms with E-state index in [2.05, 4.69) is 10.1 Å². The van der Waals surface area contributed by atoms with Crippen LogP contribution >= 0.6 is 0 Å². The molecule has 4 nitrogen and oxygen atoms in total. The van der Waals surface area contributed by atoms with Crippen molar-refractivity contribution in [1.82, 2.24) is 14.8 Å². The minimum atomic E-state index is -2.52. The average molecular weight is 318 g/mol. The van der Waals surface area contributed by atoms with Gasteiger partial charge in [0.05, 0.1) is 0 Å². The summed E-state index contributed by atoms with van der Waals surface area (Å²) < 4.78 is 39.6. The average Bonchev–Trinajstić information content (AvgIpc) is 2.91. The SMILES string of the molecule is Nc1cc(-c2cn(CC(F)F)nc2-c2ccc(F)cc2)ccn1. The number of aromatic nitrogens is 3. The molecule has 7 heteroatoms. The molecule has 2 aromatic heterocycles. The predicted molar refractivity (Wildman–Crippen MR) is 81.3 cm³/mol. The Labute approximate surface area is 130 Å².